The van der Waals surface area contributed by atoms with E-state index in [1.54, 1.807) is 11.8 Å². The van der Waals surface area contributed by atoms with Gasteiger partial charge in [-0.15, -0.1) is 11.3 Å². The minimum absolute atomic E-state index is 0.0171. The van der Waals surface area contributed by atoms with E-state index >= 15 is 0 Å². The molecule has 1 aromatic heterocycles. The lowest BCUT2D eigenvalue weighted by molar-refractivity contribution is -0.0587. The van der Waals surface area contributed by atoms with Gasteiger partial charge in [0, 0.05) is 18.5 Å². The number of carbonyl (C=O) groups is 1. The second kappa shape index (κ2) is 7.58. The fraction of sp³-hybridized carbons (Fsp3) is 0.714. The predicted octanol–water partition coefficient (Wildman–Crippen LogP) is 2.15. The van der Waals surface area contributed by atoms with Crippen LogP contribution in [0.2, 0.25) is 0 Å². The van der Waals surface area contributed by atoms with Crippen LogP contribution in [-0.2, 0) is 4.74 Å². The smallest absolute Gasteiger partial charge is 0.273 e. The average molecular weight is 329 g/mol. The van der Waals surface area contributed by atoms with Gasteiger partial charge in [-0.1, -0.05) is 0 Å². The molecule has 5 nitrogen and oxygen atoms in total. The van der Waals surface area contributed by atoms with E-state index in [0.717, 1.165) is 17.2 Å². The first kappa shape index (κ1) is 16.7. The Morgan fingerprint density at radius 2 is 2.24 bits per heavy atom. The van der Waals surface area contributed by atoms with E-state index in [2.05, 4.69) is 11.2 Å². The number of hydrogen-bond acceptors (Lipinski definition) is 6. The van der Waals surface area contributed by atoms with Crippen molar-refractivity contribution in [1.29, 1.82) is 0 Å². The number of amides is 1. The fourth-order valence-electron chi connectivity index (χ4n) is 2.43. The van der Waals surface area contributed by atoms with Gasteiger partial charge in [-0.2, -0.15) is 11.8 Å². The van der Waals surface area contributed by atoms with Crippen LogP contribution in [0.15, 0.2) is 5.38 Å². The summed E-state index contributed by atoms with van der Waals surface area (Å²) in [6.45, 7) is 5.21. The molecular weight excluding hydrogens is 306 g/mol. The van der Waals surface area contributed by atoms with E-state index in [1.165, 1.54) is 11.3 Å². The average Bonchev–Trinajstić information content (AvgIpc) is 2.92. The molecule has 118 valence electrons. The number of aromatic nitrogens is 1. The highest BCUT2D eigenvalue weighted by molar-refractivity contribution is 7.98. The molecule has 2 rings (SSSR count). The summed E-state index contributed by atoms with van der Waals surface area (Å²) in [7, 11) is 0. The molecule has 1 aliphatic heterocycles. The highest BCUT2D eigenvalue weighted by atomic mass is 32.2. The van der Waals surface area contributed by atoms with Gasteiger partial charge in [0.2, 0.25) is 0 Å². The fourth-order valence-corrected chi connectivity index (χ4v) is 3.75. The van der Waals surface area contributed by atoms with E-state index < -0.39 is 0 Å². The van der Waals surface area contributed by atoms with Gasteiger partial charge in [-0.25, -0.2) is 4.98 Å². The van der Waals surface area contributed by atoms with Crippen LogP contribution < -0.4 is 5.73 Å². The van der Waals surface area contributed by atoms with Crippen molar-refractivity contribution in [3.8, 4) is 0 Å². The molecule has 2 heterocycles. The van der Waals surface area contributed by atoms with Crippen molar-refractivity contribution in [3.63, 3.8) is 0 Å². The largest absolute Gasteiger partial charge is 0.372 e. The van der Waals surface area contributed by atoms with Crippen LogP contribution in [0.4, 0.5) is 0 Å². The number of carbonyl (C=O) groups excluding carboxylic acids is 1. The van der Waals surface area contributed by atoms with Crippen molar-refractivity contribution >= 4 is 29.0 Å². The first-order chi connectivity index (χ1) is 10.0. The molecule has 1 aliphatic rings. The molecule has 2 N–H and O–H groups in total. The molecule has 1 saturated heterocycles. The standard InChI is InChI=1S/C14H23N3O2S2/c1-9-6-17(7-10(2)19-9)14(18)12-8-21-13(16-12)11(15)4-5-20-3/h8-11H,4-7,15H2,1-3H3. The van der Waals surface area contributed by atoms with Gasteiger partial charge in [0.1, 0.15) is 10.7 Å². The summed E-state index contributed by atoms with van der Waals surface area (Å²) in [5.74, 6) is 0.985. The Morgan fingerprint density at radius 3 is 2.86 bits per heavy atom. The molecule has 1 fully saturated rings. The summed E-state index contributed by atoms with van der Waals surface area (Å²) in [6.07, 6.45) is 3.08. The van der Waals surface area contributed by atoms with Crippen LogP contribution in [0.3, 0.4) is 0 Å². The number of nitrogens with two attached hydrogens (primary N) is 1. The summed E-state index contributed by atoms with van der Waals surface area (Å²) in [6, 6.07) is -0.0773. The van der Waals surface area contributed by atoms with E-state index in [1.807, 2.05) is 24.1 Å². The number of thioether (sulfide) groups is 1. The zero-order valence-electron chi connectivity index (χ0n) is 12.7. The number of nitrogens with zero attached hydrogens (tertiary/aromatic N) is 2. The van der Waals surface area contributed by atoms with Crippen molar-refractivity contribution in [2.75, 3.05) is 25.1 Å². The van der Waals surface area contributed by atoms with Crippen molar-refractivity contribution in [2.24, 2.45) is 5.73 Å². The number of rotatable bonds is 5. The van der Waals surface area contributed by atoms with Crippen LogP contribution in [0.25, 0.3) is 0 Å². The van der Waals surface area contributed by atoms with Crippen LogP contribution >= 0.6 is 23.1 Å². The molecule has 1 amide bonds. The van der Waals surface area contributed by atoms with Gasteiger partial charge in [0.15, 0.2) is 0 Å². The number of hydrogen-bond donors (Lipinski definition) is 1. The molecular formula is C14H23N3O2S2. The maximum atomic E-state index is 12.5. The van der Waals surface area contributed by atoms with Crippen LogP contribution in [-0.4, -0.2) is 53.1 Å². The third-order valence-electron chi connectivity index (χ3n) is 3.40. The first-order valence-corrected chi connectivity index (χ1v) is 9.43. The lowest BCUT2D eigenvalue weighted by Gasteiger charge is -2.34. The first-order valence-electron chi connectivity index (χ1n) is 7.16. The third-order valence-corrected chi connectivity index (χ3v) is 5.02. The highest BCUT2D eigenvalue weighted by Crippen LogP contribution is 2.22. The Labute approximate surface area is 134 Å². The Kier molecular flexibility index (Phi) is 6.04. The molecule has 0 bridgehead atoms. The molecule has 0 radical (unpaired) electrons. The van der Waals surface area contributed by atoms with E-state index in [4.69, 9.17) is 10.5 Å². The molecule has 3 atom stereocenters. The van der Waals surface area contributed by atoms with E-state index in [9.17, 15) is 4.79 Å². The Bertz CT molecular complexity index is 471. The third kappa shape index (κ3) is 4.42. The molecule has 0 aliphatic carbocycles. The van der Waals surface area contributed by atoms with Gasteiger partial charge >= 0.3 is 0 Å². The maximum Gasteiger partial charge on any atom is 0.273 e. The second-order valence-corrected chi connectivity index (χ2v) is 7.30. The van der Waals surface area contributed by atoms with Crippen molar-refractivity contribution in [2.45, 2.75) is 38.5 Å². The monoisotopic (exact) mass is 329 g/mol. The van der Waals surface area contributed by atoms with E-state index in [-0.39, 0.29) is 24.2 Å². The zero-order valence-corrected chi connectivity index (χ0v) is 14.4. The number of ether oxygens (including phenoxy) is 1. The van der Waals surface area contributed by atoms with Gasteiger partial charge in [-0.05, 0) is 32.3 Å². The molecule has 1 aromatic rings. The summed E-state index contributed by atoms with van der Waals surface area (Å²) >= 11 is 3.25. The Hall–Kier alpha value is -0.630. The van der Waals surface area contributed by atoms with Crippen LogP contribution in [0, 0.1) is 0 Å². The topological polar surface area (TPSA) is 68.5 Å². The maximum absolute atomic E-state index is 12.5. The lowest BCUT2D eigenvalue weighted by Crippen LogP contribution is -2.48. The molecule has 7 heteroatoms. The molecule has 0 aromatic carbocycles. The summed E-state index contributed by atoms with van der Waals surface area (Å²) in [4.78, 5) is 18.8. The summed E-state index contributed by atoms with van der Waals surface area (Å²) in [5, 5.41) is 2.67. The molecule has 3 unspecified atom stereocenters. The Morgan fingerprint density at radius 1 is 1.57 bits per heavy atom. The molecule has 0 spiro atoms. The lowest BCUT2D eigenvalue weighted by atomic mass is 10.2. The Balaban J connectivity index is 2.01. The highest BCUT2D eigenvalue weighted by Gasteiger charge is 2.28. The van der Waals surface area contributed by atoms with Crippen molar-refractivity contribution < 1.29 is 9.53 Å². The van der Waals surface area contributed by atoms with Crippen molar-refractivity contribution in [3.05, 3.63) is 16.1 Å². The predicted molar refractivity (Wildman–Crippen MR) is 88.0 cm³/mol. The SMILES string of the molecule is CSCCC(N)c1nc(C(=O)N2CC(C)OC(C)C2)cs1. The minimum Gasteiger partial charge on any atom is -0.372 e. The van der Waals surface area contributed by atoms with E-state index in [0.29, 0.717) is 18.8 Å². The summed E-state index contributed by atoms with van der Waals surface area (Å²) < 4.78 is 5.66. The normalized spacial score (nSPS) is 24.1. The molecule has 21 heavy (non-hydrogen) atoms. The van der Waals surface area contributed by atoms with Gasteiger partial charge in [-0.3, -0.25) is 4.79 Å². The van der Waals surface area contributed by atoms with Crippen LogP contribution in [0.5, 0.6) is 0 Å². The quantitative estimate of drug-likeness (QED) is 0.896. The zero-order chi connectivity index (χ0) is 15.4. The van der Waals surface area contributed by atoms with Gasteiger partial charge in [0.05, 0.1) is 18.2 Å². The second-order valence-electron chi connectivity index (χ2n) is 5.43. The molecule has 0 saturated carbocycles. The number of thiazole rings is 1. The van der Waals surface area contributed by atoms with Crippen LogP contribution in [0.1, 0.15) is 41.8 Å². The van der Waals surface area contributed by atoms with Gasteiger partial charge in [0.25, 0.3) is 5.91 Å². The van der Waals surface area contributed by atoms with Gasteiger partial charge < -0.3 is 15.4 Å². The minimum atomic E-state index is -0.0773. The summed E-state index contributed by atoms with van der Waals surface area (Å²) in [5.41, 5.74) is 6.62. The van der Waals surface area contributed by atoms with Crippen molar-refractivity contribution in [1.82, 2.24) is 9.88 Å². The number of morpholine rings is 1.